The molecule has 0 aromatic heterocycles. The Balaban J connectivity index is 1.68. The highest BCUT2D eigenvalue weighted by Gasteiger charge is 2.35. The molecule has 1 aliphatic heterocycles. The second kappa shape index (κ2) is 9.02. The van der Waals surface area contributed by atoms with E-state index in [2.05, 4.69) is 26.1 Å². The lowest BCUT2D eigenvalue weighted by Gasteiger charge is -2.35. The van der Waals surface area contributed by atoms with Crippen LogP contribution in [0.25, 0.3) is 0 Å². The molecular formula is C24H32N2O5S. The second-order valence-corrected chi connectivity index (χ2v) is 11.1. The lowest BCUT2D eigenvalue weighted by atomic mass is 9.86. The van der Waals surface area contributed by atoms with Gasteiger partial charge in [0.2, 0.25) is 10.0 Å². The van der Waals surface area contributed by atoms with Crippen LogP contribution in [0, 0.1) is 13.8 Å². The van der Waals surface area contributed by atoms with Crippen molar-refractivity contribution in [3.05, 3.63) is 53.1 Å². The van der Waals surface area contributed by atoms with Gasteiger partial charge in [0.15, 0.2) is 6.10 Å². The summed E-state index contributed by atoms with van der Waals surface area (Å²) in [6.45, 7) is 10.7. The number of hydrogen-bond donors (Lipinski definition) is 1. The standard InChI is InChI=1S/C24H32N2O5S/c1-16-8-7-9-20(17(16)2)30-13-12-25-23(27)22-15-26(32(6,28)29)19-14-18(24(3,4)5)10-11-21(19)31-22/h7-11,14,22H,12-13,15H2,1-6H3,(H,25,27). The minimum atomic E-state index is -3.59. The molecule has 1 aliphatic rings. The lowest BCUT2D eigenvalue weighted by molar-refractivity contribution is -0.127. The number of sulfonamides is 1. The maximum atomic E-state index is 12.7. The Morgan fingerprint density at radius 2 is 1.94 bits per heavy atom. The molecule has 2 aromatic rings. The Morgan fingerprint density at radius 1 is 1.22 bits per heavy atom. The summed E-state index contributed by atoms with van der Waals surface area (Å²) in [6.07, 6.45) is 0.192. The monoisotopic (exact) mass is 460 g/mol. The first kappa shape index (κ1) is 23.9. The Morgan fingerprint density at radius 3 is 2.59 bits per heavy atom. The molecule has 1 amide bonds. The molecule has 0 fully saturated rings. The number of carbonyl (C=O) groups excluding carboxylic acids is 1. The van der Waals surface area contributed by atoms with Gasteiger partial charge in [-0.15, -0.1) is 0 Å². The average Bonchev–Trinajstić information content (AvgIpc) is 2.71. The molecule has 0 bridgehead atoms. The fraction of sp³-hybridized carbons (Fsp3) is 0.458. The summed E-state index contributed by atoms with van der Waals surface area (Å²) in [4.78, 5) is 12.7. The molecule has 0 aliphatic carbocycles. The van der Waals surface area contributed by atoms with Gasteiger partial charge in [0.1, 0.15) is 18.1 Å². The van der Waals surface area contributed by atoms with E-state index >= 15 is 0 Å². The van der Waals surface area contributed by atoms with Crippen molar-refractivity contribution in [1.82, 2.24) is 5.32 Å². The lowest BCUT2D eigenvalue weighted by Crippen LogP contribution is -2.51. The highest BCUT2D eigenvalue weighted by atomic mass is 32.2. The van der Waals surface area contributed by atoms with Crippen LogP contribution in [0.4, 0.5) is 5.69 Å². The number of amides is 1. The second-order valence-electron chi connectivity index (χ2n) is 9.17. The summed E-state index contributed by atoms with van der Waals surface area (Å²) in [5.41, 5.74) is 3.49. The van der Waals surface area contributed by atoms with E-state index in [4.69, 9.17) is 9.47 Å². The van der Waals surface area contributed by atoms with Crippen molar-refractivity contribution >= 4 is 21.6 Å². The minimum Gasteiger partial charge on any atom is -0.491 e. The number of rotatable bonds is 6. The Hall–Kier alpha value is -2.74. The van der Waals surface area contributed by atoms with Crippen molar-refractivity contribution in [3.63, 3.8) is 0 Å². The highest BCUT2D eigenvalue weighted by molar-refractivity contribution is 7.92. The van der Waals surface area contributed by atoms with E-state index in [1.165, 1.54) is 4.31 Å². The van der Waals surface area contributed by atoms with Gasteiger partial charge in [0, 0.05) is 0 Å². The van der Waals surface area contributed by atoms with Crippen LogP contribution in [0.2, 0.25) is 0 Å². The van der Waals surface area contributed by atoms with Gasteiger partial charge in [-0.3, -0.25) is 9.10 Å². The zero-order chi connectivity index (χ0) is 23.7. The van der Waals surface area contributed by atoms with Crippen molar-refractivity contribution in [1.29, 1.82) is 0 Å². The first-order chi connectivity index (χ1) is 14.9. The molecule has 1 heterocycles. The van der Waals surface area contributed by atoms with Gasteiger partial charge in [-0.2, -0.15) is 0 Å². The number of hydrogen-bond acceptors (Lipinski definition) is 5. The first-order valence-electron chi connectivity index (χ1n) is 10.6. The van der Waals surface area contributed by atoms with Gasteiger partial charge < -0.3 is 14.8 Å². The zero-order valence-corrected chi connectivity index (χ0v) is 20.4. The quantitative estimate of drug-likeness (QED) is 0.669. The van der Waals surface area contributed by atoms with Gasteiger partial charge >= 0.3 is 0 Å². The number of aryl methyl sites for hydroxylation is 1. The molecule has 0 saturated heterocycles. The SMILES string of the molecule is Cc1cccc(OCCNC(=O)C2CN(S(C)(=O)=O)c3cc(C(C)(C)C)ccc3O2)c1C. The largest absolute Gasteiger partial charge is 0.491 e. The zero-order valence-electron chi connectivity index (χ0n) is 19.6. The van der Waals surface area contributed by atoms with Crippen molar-refractivity contribution < 1.29 is 22.7 Å². The van der Waals surface area contributed by atoms with Gasteiger partial charge in [0.25, 0.3) is 5.91 Å². The summed E-state index contributed by atoms with van der Waals surface area (Å²) in [6, 6.07) is 11.3. The average molecular weight is 461 g/mol. The van der Waals surface area contributed by atoms with Crippen LogP contribution in [-0.2, 0) is 20.2 Å². The van der Waals surface area contributed by atoms with E-state index < -0.39 is 16.1 Å². The molecule has 2 aromatic carbocycles. The van der Waals surface area contributed by atoms with E-state index in [-0.39, 0.29) is 24.4 Å². The van der Waals surface area contributed by atoms with Gasteiger partial charge in [-0.25, -0.2) is 8.42 Å². The van der Waals surface area contributed by atoms with Crippen molar-refractivity contribution in [2.45, 2.75) is 46.1 Å². The summed E-state index contributed by atoms with van der Waals surface area (Å²) in [5.74, 6) is 0.773. The molecule has 0 saturated carbocycles. The number of fused-ring (bicyclic) bond motifs is 1. The highest BCUT2D eigenvalue weighted by Crippen LogP contribution is 2.38. The number of anilines is 1. The number of nitrogens with one attached hydrogen (secondary N) is 1. The number of benzene rings is 2. The summed E-state index contributed by atoms with van der Waals surface area (Å²) < 4.78 is 37.8. The molecule has 7 nitrogen and oxygen atoms in total. The third-order valence-electron chi connectivity index (χ3n) is 5.60. The summed E-state index contributed by atoms with van der Waals surface area (Å²) >= 11 is 0. The number of nitrogens with zero attached hydrogens (tertiary/aromatic N) is 1. The van der Waals surface area contributed by atoms with Crippen LogP contribution >= 0.6 is 0 Å². The molecule has 3 rings (SSSR count). The smallest absolute Gasteiger partial charge is 0.263 e. The van der Waals surface area contributed by atoms with Crippen LogP contribution in [0.1, 0.15) is 37.5 Å². The van der Waals surface area contributed by atoms with E-state index in [9.17, 15) is 13.2 Å². The van der Waals surface area contributed by atoms with Crippen LogP contribution in [-0.4, -0.2) is 46.4 Å². The maximum absolute atomic E-state index is 12.7. The minimum absolute atomic E-state index is 0.0802. The molecule has 0 spiro atoms. The van der Waals surface area contributed by atoms with Gasteiger partial charge in [-0.05, 0) is 54.2 Å². The van der Waals surface area contributed by atoms with Gasteiger partial charge in [-0.1, -0.05) is 39.0 Å². The third kappa shape index (κ3) is 5.35. The molecule has 174 valence electrons. The Bertz CT molecular complexity index is 1110. The van der Waals surface area contributed by atoms with Crippen molar-refractivity contribution in [2.75, 3.05) is 30.3 Å². The predicted octanol–water partition coefficient (Wildman–Crippen LogP) is 3.32. The van der Waals surface area contributed by atoms with E-state index in [1.54, 1.807) is 6.07 Å². The molecule has 8 heteroatoms. The number of ether oxygens (including phenoxy) is 2. The molecular weight excluding hydrogens is 428 g/mol. The maximum Gasteiger partial charge on any atom is 0.263 e. The van der Waals surface area contributed by atoms with Crippen LogP contribution in [0.5, 0.6) is 11.5 Å². The van der Waals surface area contributed by atoms with E-state index in [1.807, 2.05) is 44.2 Å². The van der Waals surface area contributed by atoms with E-state index in [0.717, 1.165) is 28.7 Å². The normalized spacial score (nSPS) is 16.2. The van der Waals surface area contributed by atoms with Crippen LogP contribution in [0.15, 0.2) is 36.4 Å². The fourth-order valence-corrected chi connectivity index (χ4v) is 4.40. The molecule has 1 atom stereocenters. The van der Waals surface area contributed by atoms with Crippen molar-refractivity contribution in [2.24, 2.45) is 0 Å². The fourth-order valence-electron chi connectivity index (χ4n) is 3.50. The Kier molecular flexibility index (Phi) is 6.74. The summed E-state index contributed by atoms with van der Waals surface area (Å²) in [5, 5.41) is 2.78. The summed E-state index contributed by atoms with van der Waals surface area (Å²) in [7, 11) is -3.59. The molecule has 32 heavy (non-hydrogen) atoms. The predicted molar refractivity (Wildman–Crippen MR) is 126 cm³/mol. The van der Waals surface area contributed by atoms with Crippen molar-refractivity contribution in [3.8, 4) is 11.5 Å². The molecule has 1 unspecified atom stereocenters. The molecule has 0 radical (unpaired) electrons. The topological polar surface area (TPSA) is 84.9 Å². The Labute approximate surface area is 190 Å². The molecule has 1 N–H and O–H groups in total. The van der Waals surface area contributed by atoms with E-state index in [0.29, 0.717) is 18.0 Å². The number of carbonyl (C=O) groups is 1. The van der Waals surface area contributed by atoms with Crippen LogP contribution < -0.4 is 19.1 Å². The van der Waals surface area contributed by atoms with Crippen LogP contribution in [0.3, 0.4) is 0 Å². The third-order valence-corrected chi connectivity index (χ3v) is 6.75. The first-order valence-corrected chi connectivity index (χ1v) is 12.5. The van der Waals surface area contributed by atoms with Gasteiger partial charge in [0.05, 0.1) is 25.0 Å².